The van der Waals surface area contributed by atoms with E-state index in [9.17, 15) is 5.11 Å². The van der Waals surface area contributed by atoms with Gasteiger partial charge in [0.15, 0.2) is 4.33 Å². The maximum Gasteiger partial charge on any atom is 0.166 e. The number of aliphatic hydroxyl groups excluding tert-OH is 1. The van der Waals surface area contributed by atoms with Crippen molar-refractivity contribution in [2.45, 2.75) is 32.0 Å². The highest BCUT2D eigenvalue weighted by atomic mass is 35.5. The predicted molar refractivity (Wildman–Crippen MR) is 77.6 cm³/mol. The van der Waals surface area contributed by atoms with Gasteiger partial charge in [0.1, 0.15) is 9.75 Å². The van der Waals surface area contributed by atoms with Crippen LogP contribution >= 0.6 is 81.2 Å². The minimum absolute atomic E-state index is 0.108. The van der Waals surface area contributed by atoms with Gasteiger partial charge >= 0.3 is 0 Å². The van der Waals surface area contributed by atoms with Gasteiger partial charge in [-0.3, -0.25) is 0 Å². The van der Waals surface area contributed by atoms with Crippen molar-refractivity contribution in [3.63, 3.8) is 0 Å². The van der Waals surface area contributed by atoms with Crippen LogP contribution < -0.4 is 0 Å². The lowest BCUT2D eigenvalue weighted by atomic mass is 9.84. The normalized spacial score (nSPS) is 57.3. The fourth-order valence-electron chi connectivity index (χ4n) is 3.53. The summed E-state index contributed by atoms with van der Waals surface area (Å²) in [6.45, 7) is 0. The quantitative estimate of drug-likeness (QED) is 0.606. The van der Waals surface area contributed by atoms with E-state index in [0.29, 0.717) is 6.42 Å². The first-order chi connectivity index (χ1) is 8.11. The highest BCUT2D eigenvalue weighted by Crippen LogP contribution is 2.79. The molecule has 2 saturated carbocycles. The van der Waals surface area contributed by atoms with Crippen LogP contribution in [-0.2, 0) is 0 Å². The molecule has 0 radical (unpaired) electrons. The van der Waals surface area contributed by atoms with Gasteiger partial charge < -0.3 is 5.11 Å². The maximum atomic E-state index is 10.2. The second kappa shape index (κ2) is 3.93. The molecule has 3 aliphatic rings. The molecular formula is C10H7Cl7O. The number of allylic oxidation sites excluding steroid dienone is 2. The number of fused-ring (bicyclic) bond motifs is 5. The smallest absolute Gasteiger partial charge is 0.166 e. The van der Waals surface area contributed by atoms with Crippen LogP contribution in [0, 0.1) is 11.8 Å². The number of aliphatic hydroxyl groups is 1. The summed E-state index contributed by atoms with van der Waals surface area (Å²) in [6.07, 6.45) is -0.433. The van der Waals surface area contributed by atoms with E-state index in [1.807, 2.05) is 0 Å². The first-order valence-electron chi connectivity index (χ1n) is 5.25. The van der Waals surface area contributed by atoms with Crippen LogP contribution in [0.4, 0.5) is 0 Å². The molecule has 102 valence electrons. The maximum absolute atomic E-state index is 10.2. The summed E-state index contributed by atoms with van der Waals surface area (Å²) in [5.41, 5.74) is 0. The lowest BCUT2D eigenvalue weighted by Crippen LogP contribution is -2.47. The van der Waals surface area contributed by atoms with Gasteiger partial charge in [0, 0.05) is 5.92 Å². The van der Waals surface area contributed by atoms with Gasteiger partial charge in [-0.15, -0.1) is 34.8 Å². The number of hydrogen-bond donors (Lipinski definition) is 1. The lowest BCUT2D eigenvalue weighted by Gasteiger charge is -2.35. The molecule has 6 atom stereocenters. The Morgan fingerprint density at radius 3 is 2.06 bits per heavy atom. The average Bonchev–Trinajstić information content (AvgIpc) is 2.69. The average molecular weight is 391 g/mol. The van der Waals surface area contributed by atoms with Crippen molar-refractivity contribution in [3.05, 3.63) is 10.1 Å². The third-order valence-electron chi connectivity index (χ3n) is 4.37. The largest absolute Gasteiger partial charge is 0.391 e. The molecule has 1 N–H and O–H groups in total. The van der Waals surface area contributed by atoms with Crippen molar-refractivity contribution < 1.29 is 5.11 Å². The highest BCUT2D eigenvalue weighted by Gasteiger charge is 2.84. The molecule has 1 nitrogen and oxygen atoms in total. The molecule has 8 heteroatoms. The molecule has 0 amide bonds. The second-order valence-electron chi connectivity index (χ2n) is 5.00. The van der Waals surface area contributed by atoms with E-state index in [0.717, 1.165) is 0 Å². The van der Waals surface area contributed by atoms with Crippen LogP contribution in [0.15, 0.2) is 10.1 Å². The van der Waals surface area contributed by atoms with Gasteiger partial charge in [-0.25, -0.2) is 0 Å². The van der Waals surface area contributed by atoms with Crippen LogP contribution in [-0.4, -0.2) is 30.7 Å². The Bertz CT molecular complexity index is 463. The fraction of sp³-hybridized carbons (Fsp3) is 0.800. The summed E-state index contributed by atoms with van der Waals surface area (Å²) in [4.78, 5) is -2.70. The molecule has 18 heavy (non-hydrogen) atoms. The van der Waals surface area contributed by atoms with Crippen molar-refractivity contribution >= 4 is 81.2 Å². The molecule has 0 aromatic carbocycles. The molecule has 3 aliphatic carbocycles. The van der Waals surface area contributed by atoms with Crippen LogP contribution in [0.2, 0.25) is 0 Å². The summed E-state index contributed by atoms with van der Waals surface area (Å²) >= 11 is 44.2. The van der Waals surface area contributed by atoms with Crippen molar-refractivity contribution in [2.75, 3.05) is 0 Å². The van der Waals surface area contributed by atoms with Gasteiger partial charge in [-0.05, 0) is 12.3 Å². The Kier molecular flexibility index (Phi) is 3.20. The van der Waals surface area contributed by atoms with E-state index >= 15 is 0 Å². The van der Waals surface area contributed by atoms with Gasteiger partial charge in [-0.2, -0.15) is 0 Å². The van der Waals surface area contributed by atoms with E-state index < -0.39 is 31.5 Å². The number of rotatable bonds is 0. The Hall–Kier alpha value is 1.73. The lowest BCUT2D eigenvalue weighted by molar-refractivity contribution is 0.115. The van der Waals surface area contributed by atoms with Gasteiger partial charge in [0.25, 0.3) is 0 Å². The minimum atomic E-state index is -1.58. The van der Waals surface area contributed by atoms with E-state index in [4.69, 9.17) is 81.2 Å². The molecule has 0 aromatic heterocycles. The van der Waals surface area contributed by atoms with E-state index in [1.165, 1.54) is 0 Å². The van der Waals surface area contributed by atoms with E-state index in [2.05, 4.69) is 0 Å². The molecule has 2 bridgehead atoms. The first-order valence-corrected chi connectivity index (χ1v) is 7.96. The minimum Gasteiger partial charge on any atom is -0.391 e. The number of hydrogen-bond acceptors (Lipinski definition) is 1. The predicted octanol–water partition coefficient (Wildman–Crippen LogP) is 4.44. The molecule has 2 fully saturated rings. The number of alkyl halides is 5. The van der Waals surface area contributed by atoms with Crippen LogP contribution in [0.1, 0.15) is 6.42 Å². The molecule has 0 aliphatic heterocycles. The molecule has 0 aromatic rings. The van der Waals surface area contributed by atoms with Crippen molar-refractivity contribution in [1.29, 1.82) is 0 Å². The monoisotopic (exact) mass is 388 g/mol. The Morgan fingerprint density at radius 1 is 1.00 bits per heavy atom. The Balaban J connectivity index is 2.26. The molecule has 0 spiro atoms. The molecule has 0 heterocycles. The molecular weight excluding hydrogens is 384 g/mol. The fourth-order valence-corrected chi connectivity index (χ4v) is 6.96. The second-order valence-corrected chi connectivity index (χ2v) is 8.84. The zero-order chi connectivity index (χ0) is 13.7. The summed E-state index contributed by atoms with van der Waals surface area (Å²) < 4.78 is -1.58. The van der Waals surface area contributed by atoms with Crippen LogP contribution in [0.25, 0.3) is 0 Å². The Labute approximate surface area is 139 Å². The summed E-state index contributed by atoms with van der Waals surface area (Å²) in [5.74, 6) is -0.816. The molecule has 0 unspecified atom stereocenters. The van der Waals surface area contributed by atoms with Gasteiger partial charge in [0.05, 0.1) is 21.5 Å². The Morgan fingerprint density at radius 2 is 1.50 bits per heavy atom. The SMILES string of the molecule is O[C@H]1[C@H]2[C@H](C[C@@H]1Cl)[C@]1(Cl)C(Cl)=C(Cl)[C@@]2(Cl)C1(Cl)Cl. The summed E-state index contributed by atoms with van der Waals surface area (Å²) in [7, 11) is 0. The number of halogens is 7. The summed E-state index contributed by atoms with van der Waals surface area (Å²) in [5, 5.41) is 9.99. The van der Waals surface area contributed by atoms with E-state index in [-0.39, 0.29) is 16.0 Å². The molecule has 3 rings (SSSR count). The van der Waals surface area contributed by atoms with Crippen molar-refractivity contribution in [3.8, 4) is 0 Å². The highest BCUT2D eigenvalue weighted by molar-refractivity contribution is 6.65. The third kappa shape index (κ3) is 1.22. The third-order valence-corrected chi connectivity index (χ3v) is 9.12. The summed E-state index contributed by atoms with van der Waals surface area (Å²) in [6, 6.07) is 0. The van der Waals surface area contributed by atoms with Crippen LogP contribution in [0.5, 0.6) is 0 Å². The standard InChI is InChI=1S/C10H7Cl7O/c11-3-1-2-4(5(3)18)9(15)7(13)6(12)8(2,14)10(9,16)17/h2-5,18H,1H2/t2-,3-,4+,5+,8-,9+/m0/s1. The van der Waals surface area contributed by atoms with Gasteiger partial charge in [-0.1, -0.05) is 46.4 Å². The van der Waals surface area contributed by atoms with Crippen molar-refractivity contribution in [2.24, 2.45) is 11.8 Å². The molecule has 0 saturated heterocycles. The zero-order valence-electron chi connectivity index (χ0n) is 8.61. The van der Waals surface area contributed by atoms with Crippen LogP contribution in [0.3, 0.4) is 0 Å². The van der Waals surface area contributed by atoms with Gasteiger partial charge in [0.2, 0.25) is 0 Å². The first kappa shape index (κ1) is 14.7. The van der Waals surface area contributed by atoms with Crippen molar-refractivity contribution in [1.82, 2.24) is 0 Å². The zero-order valence-corrected chi connectivity index (χ0v) is 13.9. The topological polar surface area (TPSA) is 20.2 Å². The van der Waals surface area contributed by atoms with E-state index in [1.54, 1.807) is 0 Å².